The van der Waals surface area contributed by atoms with Crippen LogP contribution in [0.1, 0.15) is 37.6 Å². The summed E-state index contributed by atoms with van der Waals surface area (Å²) in [5, 5.41) is -0.0624. The van der Waals surface area contributed by atoms with E-state index in [1.165, 1.54) is 11.8 Å². The summed E-state index contributed by atoms with van der Waals surface area (Å²) in [4.78, 5) is 4.15. The Balaban J connectivity index is 2.10. The topological polar surface area (TPSA) is 52.0 Å². The molecule has 0 aliphatic heterocycles. The maximum atomic E-state index is 11.4. The number of aryl methyl sites for hydroxylation is 2. The quantitative estimate of drug-likeness (QED) is 0.762. The minimum Gasteiger partial charge on any atom is -0.333 e. The zero-order chi connectivity index (χ0) is 15.5. The number of aromatic nitrogens is 2. The number of hydrogen-bond donors (Lipinski definition) is 0. The fraction of sp³-hybridized carbons (Fsp3) is 0.400. The Morgan fingerprint density at radius 1 is 1.24 bits per heavy atom. The summed E-state index contributed by atoms with van der Waals surface area (Å²) < 4.78 is 24.7. The Hall–Kier alpha value is -1.33. The van der Waals surface area contributed by atoms with Crippen LogP contribution in [0.2, 0.25) is 0 Å². The lowest BCUT2D eigenvalue weighted by Crippen LogP contribution is -2.05. The van der Waals surface area contributed by atoms with Gasteiger partial charge in [-0.05, 0) is 18.4 Å². The van der Waals surface area contributed by atoms with E-state index in [0.29, 0.717) is 0 Å². The van der Waals surface area contributed by atoms with Crippen molar-refractivity contribution in [3.8, 4) is 0 Å². The first-order valence-corrected chi connectivity index (χ1v) is 9.24. The number of halogens is 1. The molecule has 0 saturated heterocycles. The predicted octanol–water partition coefficient (Wildman–Crippen LogP) is 3.57. The molecule has 2 aromatic rings. The van der Waals surface area contributed by atoms with Gasteiger partial charge < -0.3 is 4.57 Å². The van der Waals surface area contributed by atoms with Crippen LogP contribution >= 0.6 is 10.7 Å². The lowest BCUT2D eigenvalue weighted by Gasteiger charge is -2.09. The molecule has 0 atom stereocenters. The largest absolute Gasteiger partial charge is 0.333 e. The normalized spacial score (nSPS) is 12.0. The van der Waals surface area contributed by atoms with Gasteiger partial charge >= 0.3 is 0 Å². The van der Waals surface area contributed by atoms with Crippen LogP contribution < -0.4 is 0 Å². The van der Waals surface area contributed by atoms with E-state index in [1.807, 2.05) is 36.6 Å². The fourth-order valence-corrected chi connectivity index (χ4v) is 2.94. The van der Waals surface area contributed by atoms with E-state index in [-0.39, 0.29) is 10.9 Å². The highest BCUT2D eigenvalue weighted by Crippen LogP contribution is 2.20. The zero-order valence-corrected chi connectivity index (χ0v) is 13.7. The van der Waals surface area contributed by atoms with Crippen molar-refractivity contribution < 1.29 is 8.42 Å². The summed E-state index contributed by atoms with van der Waals surface area (Å²) in [7, 11) is 1.60. The predicted molar refractivity (Wildman–Crippen MR) is 84.1 cm³/mol. The molecule has 0 aliphatic carbocycles. The van der Waals surface area contributed by atoms with E-state index < -0.39 is 9.05 Å². The van der Waals surface area contributed by atoms with E-state index in [1.54, 1.807) is 0 Å². The molecule has 0 aliphatic rings. The molecule has 1 aromatic heterocycles. The molecule has 0 fully saturated rings. The van der Waals surface area contributed by atoms with Gasteiger partial charge in [-0.25, -0.2) is 13.4 Å². The number of imidazole rings is 1. The minimum atomic E-state index is -3.77. The second kappa shape index (κ2) is 6.62. The van der Waals surface area contributed by atoms with Gasteiger partial charge in [0.1, 0.15) is 5.82 Å². The summed E-state index contributed by atoms with van der Waals surface area (Å²) >= 11 is 0. The molecule has 114 valence electrons. The van der Waals surface area contributed by atoms with Gasteiger partial charge in [-0.3, -0.25) is 0 Å². The minimum absolute atomic E-state index is 0.0624. The average molecular weight is 327 g/mol. The van der Waals surface area contributed by atoms with Gasteiger partial charge in [0.05, 0.1) is 0 Å². The van der Waals surface area contributed by atoms with E-state index in [9.17, 15) is 8.42 Å². The molecular formula is C15H19ClN2O2S. The standard InChI is InChI=1S/C15H19ClN2O2S/c1-12(2)15-17-14(21(16,19)20)11-18(15)10-6-9-13-7-4-3-5-8-13/h3-5,7-8,11-12H,6,9-10H2,1-2H3. The third kappa shape index (κ3) is 4.32. The van der Waals surface area contributed by atoms with Crippen molar-refractivity contribution in [2.75, 3.05) is 0 Å². The van der Waals surface area contributed by atoms with Crippen LogP contribution in [0.3, 0.4) is 0 Å². The highest BCUT2D eigenvalue weighted by molar-refractivity contribution is 8.13. The maximum absolute atomic E-state index is 11.4. The van der Waals surface area contributed by atoms with Gasteiger partial charge in [-0.15, -0.1) is 0 Å². The third-order valence-corrected chi connectivity index (χ3v) is 4.43. The summed E-state index contributed by atoms with van der Waals surface area (Å²) in [6.45, 7) is 4.70. The van der Waals surface area contributed by atoms with Crippen LogP contribution in [0.25, 0.3) is 0 Å². The zero-order valence-electron chi connectivity index (χ0n) is 12.2. The Kier molecular flexibility index (Phi) is 5.06. The van der Waals surface area contributed by atoms with Crippen molar-refractivity contribution in [1.82, 2.24) is 9.55 Å². The fourth-order valence-electron chi connectivity index (χ4n) is 2.26. The molecule has 0 bridgehead atoms. The van der Waals surface area contributed by atoms with Crippen LogP contribution in [0, 0.1) is 0 Å². The van der Waals surface area contributed by atoms with E-state index in [4.69, 9.17) is 10.7 Å². The van der Waals surface area contributed by atoms with Gasteiger partial charge in [0.2, 0.25) is 0 Å². The summed E-state index contributed by atoms with van der Waals surface area (Å²) in [5.41, 5.74) is 1.27. The third-order valence-electron chi connectivity index (χ3n) is 3.26. The first kappa shape index (κ1) is 16.0. The maximum Gasteiger partial charge on any atom is 0.280 e. The Morgan fingerprint density at radius 2 is 1.90 bits per heavy atom. The lowest BCUT2D eigenvalue weighted by atomic mass is 10.1. The average Bonchev–Trinajstić information content (AvgIpc) is 2.84. The number of hydrogen-bond acceptors (Lipinski definition) is 3. The second-order valence-electron chi connectivity index (χ2n) is 5.31. The molecular weight excluding hydrogens is 308 g/mol. The molecule has 4 nitrogen and oxygen atoms in total. The summed E-state index contributed by atoms with van der Waals surface area (Å²) in [5.74, 6) is 0.899. The van der Waals surface area contributed by atoms with Crippen LogP contribution in [-0.2, 0) is 22.0 Å². The van der Waals surface area contributed by atoms with Crippen molar-refractivity contribution in [3.05, 3.63) is 47.9 Å². The SMILES string of the molecule is CC(C)c1nc(S(=O)(=O)Cl)cn1CCCc1ccccc1. The number of rotatable bonds is 6. The molecule has 0 radical (unpaired) electrons. The summed E-state index contributed by atoms with van der Waals surface area (Å²) in [6, 6.07) is 10.2. The molecule has 0 saturated carbocycles. The molecule has 1 heterocycles. The van der Waals surface area contributed by atoms with Crippen molar-refractivity contribution in [1.29, 1.82) is 0 Å². The van der Waals surface area contributed by atoms with Gasteiger partial charge in [0.25, 0.3) is 9.05 Å². The van der Waals surface area contributed by atoms with E-state index >= 15 is 0 Å². The monoisotopic (exact) mass is 326 g/mol. The highest BCUT2D eigenvalue weighted by atomic mass is 35.7. The molecule has 0 N–H and O–H groups in total. The molecule has 0 amide bonds. The Bertz CT molecular complexity index is 694. The number of benzene rings is 1. The van der Waals surface area contributed by atoms with E-state index in [2.05, 4.69) is 17.1 Å². The first-order valence-electron chi connectivity index (χ1n) is 6.93. The van der Waals surface area contributed by atoms with Crippen molar-refractivity contribution in [2.45, 2.75) is 44.2 Å². The molecule has 2 rings (SSSR count). The van der Waals surface area contributed by atoms with Crippen LogP contribution in [-0.4, -0.2) is 18.0 Å². The molecule has 0 spiro atoms. The Morgan fingerprint density at radius 3 is 2.48 bits per heavy atom. The number of nitrogens with zero attached hydrogens (tertiary/aromatic N) is 2. The second-order valence-corrected chi connectivity index (χ2v) is 7.83. The van der Waals surface area contributed by atoms with E-state index in [0.717, 1.165) is 25.2 Å². The molecule has 1 aromatic carbocycles. The van der Waals surface area contributed by atoms with Crippen LogP contribution in [0.15, 0.2) is 41.6 Å². The van der Waals surface area contributed by atoms with Crippen molar-refractivity contribution in [2.24, 2.45) is 0 Å². The van der Waals surface area contributed by atoms with Crippen molar-refractivity contribution >= 4 is 19.7 Å². The molecule has 6 heteroatoms. The smallest absolute Gasteiger partial charge is 0.280 e. The van der Waals surface area contributed by atoms with Crippen molar-refractivity contribution in [3.63, 3.8) is 0 Å². The van der Waals surface area contributed by atoms with Crippen LogP contribution in [0.4, 0.5) is 0 Å². The molecule has 21 heavy (non-hydrogen) atoms. The lowest BCUT2D eigenvalue weighted by molar-refractivity contribution is 0.589. The van der Waals surface area contributed by atoms with Gasteiger partial charge in [-0.2, -0.15) is 0 Å². The molecule has 0 unspecified atom stereocenters. The van der Waals surface area contributed by atoms with Gasteiger partial charge in [-0.1, -0.05) is 44.2 Å². The van der Waals surface area contributed by atoms with Crippen LogP contribution in [0.5, 0.6) is 0 Å². The van der Waals surface area contributed by atoms with Gasteiger partial charge in [0, 0.05) is 29.3 Å². The first-order chi connectivity index (χ1) is 9.88. The van der Waals surface area contributed by atoms with Gasteiger partial charge in [0.15, 0.2) is 5.03 Å². The highest BCUT2D eigenvalue weighted by Gasteiger charge is 2.19. The Labute approximate surface area is 130 Å². The summed E-state index contributed by atoms with van der Waals surface area (Å²) in [6.07, 6.45) is 3.39.